The predicted octanol–water partition coefficient (Wildman–Crippen LogP) is 2.35. The fraction of sp³-hybridized carbons (Fsp3) is 0.286. The van der Waals surface area contributed by atoms with E-state index in [4.69, 9.17) is 11.6 Å². The molecular formula is C14H14ClN3O. The van der Waals surface area contributed by atoms with Crippen molar-refractivity contribution < 1.29 is 4.79 Å². The van der Waals surface area contributed by atoms with E-state index in [0.29, 0.717) is 10.6 Å². The first-order valence-electron chi connectivity index (χ1n) is 6.30. The second kappa shape index (κ2) is 5.05. The average molecular weight is 276 g/mol. The summed E-state index contributed by atoms with van der Waals surface area (Å²) in [6, 6.07) is 7.09. The molecule has 0 saturated heterocycles. The molecule has 0 spiro atoms. The fourth-order valence-electron chi connectivity index (χ4n) is 2.40. The van der Waals surface area contributed by atoms with Crippen LogP contribution in [-0.4, -0.2) is 22.1 Å². The zero-order valence-corrected chi connectivity index (χ0v) is 11.1. The summed E-state index contributed by atoms with van der Waals surface area (Å²) in [5.74, 6) is -0.0513. The van der Waals surface area contributed by atoms with E-state index in [0.717, 1.165) is 25.0 Å². The number of carbonyl (C=O) groups is 1. The third kappa shape index (κ3) is 2.63. The first-order chi connectivity index (χ1) is 9.22. The van der Waals surface area contributed by atoms with Crippen molar-refractivity contribution in [3.63, 3.8) is 0 Å². The van der Waals surface area contributed by atoms with E-state index >= 15 is 0 Å². The molecule has 98 valence electrons. The lowest BCUT2D eigenvalue weighted by molar-refractivity contribution is 0.0933. The van der Waals surface area contributed by atoms with Crippen molar-refractivity contribution in [1.29, 1.82) is 0 Å². The molecule has 4 nitrogen and oxygen atoms in total. The third-order valence-electron chi connectivity index (χ3n) is 3.46. The number of rotatable bonds is 2. The Bertz CT molecular complexity index is 591. The minimum absolute atomic E-state index is 0.0513. The number of aromatic nitrogens is 2. The molecule has 1 aromatic carbocycles. The number of amides is 1. The molecule has 2 N–H and O–H groups in total. The maximum atomic E-state index is 12.1. The van der Waals surface area contributed by atoms with Crippen molar-refractivity contribution in [3.05, 3.63) is 52.3 Å². The van der Waals surface area contributed by atoms with Gasteiger partial charge in [0.2, 0.25) is 0 Å². The van der Waals surface area contributed by atoms with Gasteiger partial charge >= 0.3 is 0 Å². The monoisotopic (exact) mass is 275 g/mol. The largest absolute Gasteiger partial charge is 0.349 e. The lowest BCUT2D eigenvalue weighted by atomic mass is 9.93. The number of nitrogens with one attached hydrogen (secondary N) is 2. The number of hydrogen-bond acceptors (Lipinski definition) is 2. The van der Waals surface area contributed by atoms with E-state index in [9.17, 15) is 4.79 Å². The number of aromatic amines is 1. The van der Waals surface area contributed by atoms with Crippen LogP contribution in [0.1, 0.15) is 28.0 Å². The number of aryl methyl sites for hydroxylation is 1. The number of H-pyrrole nitrogens is 1. The van der Waals surface area contributed by atoms with E-state index in [1.54, 1.807) is 24.3 Å². The molecule has 1 aromatic heterocycles. The maximum absolute atomic E-state index is 12.1. The highest BCUT2D eigenvalue weighted by Gasteiger charge is 2.21. The van der Waals surface area contributed by atoms with Gasteiger partial charge in [-0.3, -0.25) is 9.89 Å². The molecular weight excluding hydrogens is 262 g/mol. The summed E-state index contributed by atoms with van der Waals surface area (Å²) in [5.41, 5.74) is 3.03. The Hall–Kier alpha value is -1.81. The molecule has 5 heteroatoms. The highest BCUT2D eigenvalue weighted by atomic mass is 35.5. The smallest absolute Gasteiger partial charge is 0.251 e. The van der Waals surface area contributed by atoms with Crippen LogP contribution < -0.4 is 5.32 Å². The highest BCUT2D eigenvalue weighted by molar-refractivity contribution is 6.30. The third-order valence-corrected chi connectivity index (χ3v) is 3.71. The summed E-state index contributed by atoms with van der Waals surface area (Å²) < 4.78 is 0. The fourth-order valence-corrected chi connectivity index (χ4v) is 2.53. The van der Waals surface area contributed by atoms with Crippen LogP contribution in [0.3, 0.4) is 0 Å². The van der Waals surface area contributed by atoms with Crippen molar-refractivity contribution in [2.75, 3.05) is 0 Å². The van der Waals surface area contributed by atoms with Gasteiger partial charge in [-0.25, -0.2) is 0 Å². The Balaban J connectivity index is 1.66. The Kier molecular flexibility index (Phi) is 3.25. The number of halogens is 1. The lowest BCUT2D eigenvalue weighted by Crippen LogP contribution is -2.38. The highest BCUT2D eigenvalue weighted by Crippen LogP contribution is 2.19. The van der Waals surface area contributed by atoms with Crippen molar-refractivity contribution in [2.45, 2.75) is 25.3 Å². The number of fused-ring (bicyclic) bond motifs is 1. The summed E-state index contributed by atoms with van der Waals surface area (Å²) in [5, 5.41) is 10.7. The van der Waals surface area contributed by atoms with E-state index in [2.05, 4.69) is 15.5 Å². The molecule has 3 rings (SSSR count). The van der Waals surface area contributed by atoms with E-state index in [1.807, 2.05) is 6.20 Å². The molecule has 1 amide bonds. The van der Waals surface area contributed by atoms with Gasteiger partial charge in [0.05, 0.1) is 6.20 Å². The van der Waals surface area contributed by atoms with Crippen molar-refractivity contribution in [1.82, 2.24) is 15.5 Å². The number of carbonyl (C=O) groups excluding carboxylic acids is 1. The summed E-state index contributed by atoms with van der Waals surface area (Å²) >= 11 is 5.81. The molecule has 0 fully saturated rings. The Morgan fingerprint density at radius 3 is 2.95 bits per heavy atom. The maximum Gasteiger partial charge on any atom is 0.251 e. The zero-order valence-electron chi connectivity index (χ0n) is 10.3. The van der Waals surface area contributed by atoms with Gasteiger partial charge in [-0.05, 0) is 42.7 Å². The van der Waals surface area contributed by atoms with Crippen LogP contribution in [0.4, 0.5) is 0 Å². The van der Waals surface area contributed by atoms with Gasteiger partial charge < -0.3 is 5.32 Å². The molecule has 1 unspecified atom stereocenters. The van der Waals surface area contributed by atoms with Crippen LogP contribution in [0.15, 0.2) is 30.5 Å². The van der Waals surface area contributed by atoms with Crippen molar-refractivity contribution in [3.8, 4) is 0 Å². The van der Waals surface area contributed by atoms with Crippen LogP contribution in [0, 0.1) is 0 Å². The van der Waals surface area contributed by atoms with Crippen molar-refractivity contribution in [2.24, 2.45) is 0 Å². The molecule has 1 aliphatic carbocycles. The first kappa shape index (κ1) is 12.2. The molecule has 1 aliphatic rings. The van der Waals surface area contributed by atoms with Gasteiger partial charge in [0.25, 0.3) is 5.91 Å². The molecule has 0 bridgehead atoms. The number of nitrogens with zero attached hydrogens (tertiary/aromatic N) is 1. The molecule has 19 heavy (non-hydrogen) atoms. The predicted molar refractivity (Wildman–Crippen MR) is 73.3 cm³/mol. The second-order valence-electron chi connectivity index (χ2n) is 4.79. The normalized spacial score (nSPS) is 17.8. The van der Waals surface area contributed by atoms with Gasteiger partial charge in [0.1, 0.15) is 0 Å². The average Bonchev–Trinajstić information content (AvgIpc) is 2.87. The Labute approximate surface area is 116 Å². The van der Waals surface area contributed by atoms with Gasteiger partial charge in [0.15, 0.2) is 0 Å². The van der Waals surface area contributed by atoms with Gasteiger partial charge in [0, 0.05) is 28.7 Å². The van der Waals surface area contributed by atoms with E-state index in [1.165, 1.54) is 5.56 Å². The summed E-state index contributed by atoms with van der Waals surface area (Å²) in [6.45, 7) is 0. The molecule has 0 radical (unpaired) electrons. The summed E-state index contributed by atoms with van der Waals surface area (Å²) in [7, 11) is 0. The summed E-state index contributed by atoms with van der Waals surface area (Å²) in [4.78, 5) is 12.1. The van der Waals surface area contributed by atoms with Crippen LogP contribution in [0.25, 0.3) is 0 Å². The molecule has 2 aromatic rings. The molecule has 1 heterocycles. The minimum Gasteiger partial charge on any atom is -0.349 e. The van der Waals surface area contributed by atoms with Crippen LogP contribution in [-0.2, 0) is 12.8 Å². The number of benzene rings is 1. The standard InChI is InChI=1S/C14H14ClN3O/c15-11-4-1-9(2-5-11)14(19)17-12-6-3-10-8-16-18-13(10)7-12/h1-2,4-5,8,12H,3,6-7H2,(H,16,18)(H,17,19). The number of hydrogen-bond donors (Lipinski definition) is 2. The second-order valence-corrected chi connectivity index (χ2v) is 5.23. The molecule has 1 atom stereocenters. The Morgan fingerprint density at radius 1 is 1.37 bits per heavy atom. The topological polar surface area (TPSA) is 57.8 Å². The van der Waals surface area contributed by atoms with Crippen LogP contribution in [0.5, 0.6) is 0 Å². The van der Waals surface area contributed by atoms with E-state index < -0.39 is 0 Å². The SMILES string of the molecule is O=C(NC1CCc2cn[nH]c2C1)c1ccc(Cl)cc1. The van der Waals surface area contributed by atoms with Gasteiger partial charge in [-0.1, -0.05) is 11.6 Å². The quantitative estimate of drug-likeness (QED) is 0.884. The first-order valence-corrected chi connectivity index (χ1v) is 6.68. The summed E-state index contributed by atoms with van der Waals surface area (Å²) in [6.07, 6.45) is 4.59. The minimum atomic E-state index is -0.0513. The van der Waals surface area contributed by atoms with Crippen LogP contribution >= 0.6 is 11.6 Å². The Morgan fingerprint density at radius 2 is 2.16 bits per heavy atom. The van der Waals surface area contributed by atoms with Gasteiger partial charge in [-0.15, -0.1) is 0 Å². The van der Waals surface area contributed by atoms with Crippen molar-refractivity contribution >= 4 is 17.5 Å². The van der Waals surface area contributed by atoms with Crippen LogP contribution in [0.2, 0.25) is 5.02 Å². The zero-order chi connectivity index (χ0) is 13.2. The van der Waals surface area contributed by atoms with E-state index in [-0.39, 0.29) is 11.9 Å². The molecule has 0 saturated carbocycles. The lowest BCUT2D eigenvalue weighted by Gasteiger charge is -2.22. The van der Waals surface area contributed by atoms with Gasteiger partial charge in [-0.2, -0.15) is 5.10 Å². The molecule has 0 aliphatic heterocycles.